The highest BCUT2D eigenvalue weighted by Crippen LogP contribution is 2.18. The molecule has 0 saturated carbocycles. The highest BCUT2D eigenvalue weighted by atomic mass is 16.1. The molecule has 3 rings (SSSR count). The molecule has 3 aromatic rings. The van der Waals surface area contributed by atoms with Gasteiger partial charge in [-0.3, -0.25) is 9.25 Å². The van der Waals surface area contributed by atoms with Crippen molar-refractivity contribution in [2.45, 2.75) is 20.0 Å². The Bertz CT molecular complexity index is 772. The third-order valence-corrected chi connectivity index (χ3v) is 3.14. The number of nitrogens with zero attached hydrogens (tertiary/aromatic N) is 4. The van der Waals surface area contributed by atoms with Gasteiger partial charge in [-0.25, -0.2) is 9.78 Å². The number of hydrogen-bond donors (Lipinski definition) is 0. The molecule has 0 aliphatic heterocycles. The Morgan fingerprint density at radius 1 is 1.21 bits per heavy atom. The first-order chi connectivity index (χ1) is 9.29. The van der Waals surface area contributed by atoms with Gasteiger partial charge in [0, 0.05) is 24.3 Å². The van der Waals surface area contributed by atoms with Crippen LogP contribution in [0, 0.1) is 0 Å². The minimum Gasteiger partial charge on any atom is -0.293 e. The van der Waals surface area contributed by atoms with E-state index in [0.717, 1.165) is 23.1 Å². The fourth-order valence-electron chi connectivity index (χ4n) is 2.22. The van der Waals surface area contributed by atoms with Gasteiger partial charge in [-0.2, -0.15) is 5.10 Å². The summed E-state index contributed by atoms with van der Waals surface area (Å²) < 4.78 is 3.51. The van der Waals surface area contributed by atoms with Crippen molar-refractivity contribution in [2.75, 3.05) is 0 Å². The van der Waals surface area contributed by atoms with Gasteiger partial charge in [-0.15, -0.1) is 0 Å². The summed E-state index contributed by atoms with van der Waals surface area (Å²) in [6, 6.07) is 9.81. The van der Waals surface area contributed by atoms with E-state index in [1.807, 2.05) is 28.9 Å². The van der Waals surface area contributed by atoms with Gasteiger partial charge in [0.25, 0.3) is 0 Å². The first kappa shape index (κ1) is 11.6. The molecule has 0 radical (unpaired) electrons. The standard InChI is InChI=1S/C14H14N4O/c1-2-18-13-7-4-3-6-11(13)12(16-18)10-17-9-5-8-15-14(17)19/h3-9H,2,10H2,1H3. The molecule has 0 spiro atoms. The molecule has 0 aliphatic carbocycles. The zero-order valence-corrected chi connectivity index (χ0v) is 10.7. The third-order valence-electron chi connectivity index (χ3n) is 3.14. The predicted molar refractivity (Wildman–Crippen MR) is 73.0 cm³/mol. The summed E-state index contributed by atoms with van der Waals surface area (Å²) in [5.41, 5.74) is 1.74. The number of hydrogen-bond acceptors (Lipinski definition) is 3. The second-order valence-corrected chi connectivity index (χ2v) is 4.31. The second kappa shape index (κ2) is 4.68. The number of aryl methyl sites for hydroxylation is 1. The Labute approximate surface area is 110 Å². The topological polar surface area (TPSA) is 52.7 Å². The van der Waals surface area contributed by atoms with Crippen LogP contribution >= 0.6 is 0 Å². The normalized spacial score (nSPS) is 11.0. The van der Waals surface area contributed by atoms with E-state index in [0.29, 0.717) is 6.54 Å². The number of benzene rings is 1. The minimum atomic E-state index is -0.252. The Morgan fingerprint density at radius 2 is 2.05 bits per heavy atom. The van der Waals surface area contributed by atoms with Crippen LogP contribution in [0.2, 0.25) is 0 Å². The van der Waals surface area contributed by atoms with Gasteiger partial charge in [-0.1, -0.05) is 18.2 Å². The molecule has 0 atom stereocenters. The highest BCUT2D eigenvalue weighted by Gasteiger charge is 2.09. The maximum atomic E-state index is 11.7. The van der Waals surface area contributed by atoms with Crippen molar-refractivity contribution < 1.29 is 0 Å². The lowest BCUT2D eigenvalue weighted by Crippen LogP contribution is -2.22. The van der Waals surface area contributed by atoms with E-state index in [-0.39, 0.29) is 5.69 Å². The van der Waals surface area contributed by atoms with Crippen molar-refractivity contribution >= 4 is 10.9 Å². The third kappa shape index (κ3) is 2.03. The SMILES string of the molecule is CCn1nc(Cn2cccnc2=O)c2ccccc21. The quantitative estimate of drug-likeness (QED) is 0.714. The van der Waals surface area contributed by atoms with Crippen LogP contribution in [0.4, 0.5) is 0 Å². The van der Waals surface area contributed by atoms with Crippen molar-refractivity contribution in [1.82, 2.24) is 19.3 Å². The molecule has 2 heterocycles. The molecule has 0 N–H and O–H groups in total. The van der Waals surface area contributed by atoms with Gasteiger partial charge in [-0.05, 0) is 19.1 Å². The van der Waals surface area contributed by atoms with Crippen LogP contribution < -0.4 is 5.69 Å². The molecular weight excluding hydrogens is 240 g/mol. The summed E-state index contributed by atoms with van der Waals surface area (Å²) in [6.45, 7) is 3.31. The highest BCUT2D eigenvalue weighted by molar-refractivity contribution is 5.81. The van der Waals surface area contributed by atoms with Gasteiger partial charge in [0.15, 0.2) is 0 Å². The van der Waals surface area contributed by atoms with Gasteiger partial charge >= 0.3 is 5.69 Å². The number of fused-ring (bicyclic) bond motifs is 1. The molecule has 0 fully saturated rings. The minimum absolute atomic E-state index is 0.252. The number of para-hydroxylation sites is 1. The first-order valence-electron chi connectivity index (χ1n) is 6.25. The molecule has 0 aliphatic rings. The van der Waals surface area contributed by atoms with E-state index in [1.54, 1.807) is 16.8 Å². The van der Waals surface area contributed by atoms with E-state index in [9.17, 15) is 4.79 Å². The van der Waals surface area contributed by atoms with Crippen LogP contribution in [0.1, 0.15) is 12.6 Å². The smallest absolute Gasteiger partial charge is 0.293 e. The van der Waals surface area contributed by atoms with Gasteiger partial charge in [0.1, 0.15) is 0 Å². The Hall–Kier alpha value is -2.43. The van der Waals surface area contributed by atoms with Crippen LogP contribution in [0.25, 0.3) is 10.9 Å². The van der Waals surface area contributed by atoms with Crippen molar-refractivity contribution in [3.05, 3.63) is 58.9 Å². The van der Waals surface area contributed by atoms with E-state index >= 15 is 0 Å². The molecule has 0 amide bonds. The van der Waals surface area contributed by atoms with E-state index in [1.165, 1.54) is 6.20 Å². The molecule has 96 valence electrons. The molecule has 2 aromatic heterocycles. The fourth-order valence-corrected chi connectivity index (χ4v) is 2.22. The van der Waals surface area contributed by atoms with Crippen molar-refractivity contribution in [1.29, 1.82) is 0 Å². The number of rotatable bonds is 3. The van der Waals surface area contributed by atoms with Crippen LogP contribution in [-0.4, -0.2) is 19.3 Å². The molecule has 19 heavy (non-hydrogen) atoms. The summed E-state index contributed by atoms with van der Waals surface area (Å²) in [6.07, 6.45) is 3.23. The monoisotopic (exact) mass is 254 g/mol. The van der Waals surface area contributed by atoms with Crippen LogP contribution in [-0.2, 0) is 13.1 Å². The molecule has 5 heteroatoms. The van der Waals surface area contributed by atoms with Crippen LogP contribution in [0.3, 0.4) is 0 Å². The zero-order chi connectivity index (χ0) is 13.2. The van der Waals surface area contributed by atoms with Crippen molar-refractivity contribution in [2.24, 2.45) is 0 Å². The predicted octanol–water partition coefficient (Wildman–Crippen LogP) is 1.66. The Balaban J connectivity index is 2.11. The molecule has 1 aromatic carbocycles. The first-order valence-corrected chi connectivity index (χ1v) is 6.25. The molecule has 0 saturated heterocycles. The largest absolute Gasteiger partial charge is 0.347 e. The van der Waals surface area contributed by atoms with Crippen molar-refractivity contribution in [3.63, 3.8) is 0 Å². The van der Waals surface area contributed by atoms with E-state index in [2.05, 4.69) is 17.0 Å². The van der Waals surface area contributed by atoms with Crippen molar-refractivity contribution in [3.8, 4) is 0 Å². The summed E-state index contributed by atoms with van der Waals surface area (Å²) in [5.74, 6) is 0. The number of aromatic nitrogens is 4. The summed E-state index contributed by atoms with van der Waals surface area (Å²) in [7, 11) is 0. The molecule has 0 bridgehead atoms. The van der Waals surface area contributed by atoms with Gasteiger partial charge < -0.3 is 0 Å². The summed E-state index contributed by atoms with van der Waals surface area (Å²) >= 11 is 0. The maximum Gasteiger partial charge on any atom is 0.347 e. The summed E-state index contributed by atoms with van der Waals surface area (Å²) in [4.78, 5) is 15.4. The average molecular weight is 254 g/mol. The second-order valence-electron chi connectivity index (χ2n) is 4.31. The van der Waals surface area contributed by atoms with Gasteiger partial charge in [0.05, 0.1) is 17.8 Å². The van der Waals surface area contributed by atoms with Crippen LogP contribution in [0.5, 0.6) is 0 Å². The molecule has 5 nitrogen and oxygen atoms in total. The lowest BCUT2D eigenvalue weighted by atomic mass is 10.2. The Kier molecular flexibility index (Phi) is 2.87. The van der Waals surface area contributed by atoms with E-state index < -0.39 is 0 Å². The molecular formula is C14H14N4O. The van der Waals surface area contributed by atoms with Gasteiger partial charge in [0.2, 0.25) is 0 Å². The fraction of sp³-hybridized carbons (Fsp3) is 0.214. The molecule has 0 unspecified atom stereocenters. The summed E-state index contributed by atoms with van der Waals surface area (Å²) in [5, 5.41) is 5.66. The lowest BCUT2D eigenvalue weighted by Gasteiger charge is -2.01. The van der Waals surface area contributed by atoms with Crippen LogP contribution in [0.15, 0.2) is 47.5 Å². The van der Waals surface area contributed by atoms with E-state index in [4.69, 9.17) is 0 Å². The lowest BCUT2D eigenvalue weighted by molar-refractivity contribution is 0.642. The Morgan fingerprint density at radius 3 is 2.84 bits per heavy atom. The zero-order valence-electron chi connectivity index (χ0n) is 10.7. The maximum absolute atomic E-state index is 11.7. The average Bonchev–Trinajstić information content (AvgIpc) is 2.80.